The van der Waals surface area contributed by atoms with Gasteiger partial charge in [0.05, 0.1) is 11.9 Å². The van der Waals surface area contributed by atoms with E-state index in [-0.39, 0.29) is 17.9 Å². The van der Waals surface area contributed by atoms with Crippen LogP contribution < -0.4 is 5.73 Å². The molecule has 2 N–H and O–H groups in total. The van der Waals surface area contributed by atoms with Crippen molar-refractivity contribution in [3.63, 3.8) is 0 Å². The van der Waals surface area contributed by atoms with Crippen LogP contribution in [0.3, 0.4) is 0 Å². The third-order valence-corrected chi connectivity index (χ3v) is 6.02. The molecular formula is C19H21N5OS. The summed E-state index contributed by atoms with van der Waals surface area (Å²) in [5, 5.41) is 5.00. The Bertz CT molecular complexity index is 933. The highest BCUT2D eigenvalue weighted by Crippen LogP contribution is 2.32. The van der Waals surface area contributed by atoms with Gasteiger partial charge in [0, 0.05) is 43.9 Å². The predicted octanol–water partition coefficient (Wildman–Crippen LogP) is 2.42. The van der Waals surface area contributed by atoms with E-state index >= 15 is 0 Å². The van der Waals surface area contributed by atoms with E-state index in [4.69, 9.17) is 5.73 Å². The maximum atomic E-state index is 13.1. The van der Waals surface area contributed by atoms with Crippen LogP contribution in [0.1, 0.15) is 26.8 Å². The molecule has 134 valence electrons. The Balaban J connectivity index is 1.56. The van der Waals surface area contributed by atoms with E-state index < -0.39 is 0 Å². The average molecular weight is 367 g/mol. The lowest BCUT2D eigenvalue weighted by atomic mass is 9.95. The van der Waals surface area contributed by atoms with E-state index in [1.807, 2.05) is 43.3 Å². The van der Waals surface area contributed by atoms with Crippen LogP contribution in [0.15, 0.2) is 42.7 Å². The molecular weight excluding hydrogens is 346 g/mol. The molecule has 0 aliphatic carbocycles. The second kappa shape index (κ2) is 6.66. The first-order valence-corrected chi connectivity index (χ1v) is 9.41. The zero-order chi connectivity index (χ0) is 18.3. The Labute approximate surface area is 156 Å². The van der Waals surface area contributed by atoms with Crippen LogP contribution in [0, 0.1) is 6.92 Å². The summed E-state index contributed by atoms with van der Waals surface area (Å²) in [5.74, 6) is 0.190. The number of likely N-dealkylation sites (tertiary alicyclic amines) is 1. The van der Waals surface area contributed by atoms with Gasteiger partial charge in [-0.2, -0.15) is 5.10 Å². The molecule has 0 saturated carbocycles. The summed E-state index contributed by atoms with van der Waals surface area (Å²) in [6.45, 7) is 3.09. The zero-order valence-electron chi connectivity index (χ0n) is 14.8. The highest BCUT2D eigenvalue weighted by atomic mass is 32.1. The first-order chi connectivity index (χ1) is 12.5. The molecule has 0 unspecified atom stereocenters. The van der Waals surface area contributed by atoms with Crippen LogP contribution in [0.5, 0.6) is 0 Å². The Morgan fingerprint density at radius 1 is 1.27 bits per heavy atom. The number of aromatic nitrogens is 3. The molecule has 0 bridgehead atoms. The van der Waals surface area contributed by atoms with Gasteiger partial charge in [-0.25, -0.2) is 4.98 Å². The van der Waals surface area contributed by atoms with E-state index in [9.17, 15) is 4.79 Å². The van der Waals surface area contributed by atoms with Gasteiger partial charge in [-0.1, -0.05) is 30.3 Å². The Morgan fingerprint density at radius 2 is 2.04 bits per heavy atom. The number of nitrogens with two attached hydrogens (primary N) is 1. The van der Waals surface area contributed by atoms with E-state index in [1.54, 1.807) is 10.9 Å². The van der Waals surface area contributed by atoms with Crippen molar-refractivity contribution >= 4 is 17.2 Å². The lowest BCUT2D eigenvalue weighted by Gasteiger charge is -2.15. The number of carbonyl (C=O) groups excluding carboxylic acids is 1. The van der Waals surface area contributed by atoms with Crippen molar-refractivity contribution in [2.75, 3.05) is 13.1 Å². The highest BCUT2D eigenvalue weighted by Gasteiger charge is 2.35. The molecule has 2 aromatic heterocycles. The number of benzene rings is 1. The minimum atomic E-state index is -0.0487. The van der Waals surface area contributed by atoms with Gasteiger partial charge >= 0.3 is 0 Å². The van der Waals surface area contributed by atoms with Gasteiger partial charge in [0.1, 0.15) is 9.88 Å². The molecule has 1 amide bonds. The summed E-state index contributed by atoms with van der Waals surface area (Å²) < 4.78 is 1.73. The topological polar surface area (TPSA) is 77.0 Å². The van der Waals surface area contributed by atoms with Crippen LogP contribution >= 0.6 is 11.3 Å². The molecule has 3 heterocycles. The molecule has 0 spiro atoms. The van der Waals surface area contributed by atoms with Crippen molar-refractivity contribution in [1.82, 2.24) is 19.7 Å². The summed E-state index contributed by atoms with van der Waals surface area (Å²) >= 11 is 1.42. The van der Waals surface area contributed by atoms with Gasteiger partial charge in [-0.3, -0.25) is 9.48 Å². The molecule has 1 aromatic carbocycles. The number of amides is 1. The summed E-state index contributed by atoms with van der Waals surface area (Å²) in [7, 11) is 1.87. The van der Waals surface area contributed by atoms with Crippen LogP contribution in [-0.4, -0.2) is 44.7 Å². The Kier molecular flexibility index (Phi) is 4.34. The summed E-state index contributed by atoms with van der Waals surface area (Å²) in [6, 6.07) is 10.1. The largest absolute Gasteiger partial charge is 0.336 e. The lowest BCUT2D eigenvalue weighted by Crippen LogP contribution is -2.32. The van der Waals surface area contributed by atoms with Crippen molar-refractivity contribution in [3.8, 4) is 10.6 Å². The summed E-state index contributed by atoms with van der Waals surface area (Å²) in [6.07, 6.45) is 3.67. The molecule has 4 rings (SSSR count). The van der Waals surface area contributed by atoms with Crippen molar-refractivity contribution in [2.24, 2.45) is 12.8 Å². The van der Waals surface area contributed by atoms with Crippen LogP contribution in [-0.2, 0) is 7.05 Å². The molecule has 7 heteroatoms. The molecule has 1 saturated heterocycles. The van der Waals surface area contributed by atoms with Crippen LogP contribution in [0.4, 0.5) is 0 Å². The fraction of sp³-hybridized carbons (Fsp3) is 0.316. The van der Waals surface area contributed by atoms with Gasteiger partial charge < -0.3 is 10.6 Å². The quantitative estimate of drug-likeness (QED) is 0.771. The zero-order valence-corrected chi connectivity index (χ0v) is 15.6. The van der Waals surface area contributed by atoms with Crippen molar-refractivity contribution in [2.45, 2.75) is 18.9 Å². The summed E-state index contributed by atoms with van der Waals surface area (Å²) in [5.41, 5.74) is 9.21. The summed E-state index contributed by atoms with van der Waals surface area (Å²) in [4.78, 5) is 20.2. The smallest absolute Gasteiger partial charge is 0.265 e. The molecule has 0 radical (unpaired) electrons. The van der Waals surface area contributed by atoms with Crippen LogP contribution in [0.2, 0.25) is 0 Å². The van der Waals surface area contributed by atoms with E-state index in [0.717, 1.165) is 16.3 Å². The number of nitrogens with zero attached hydrogens (tertiary/aromatic N) is 4. The predicted molar refractivity (Wildman–Crippen MR) is 102 cm³/mol. The van der Waals surface area contributed by atoms with Crippen molar-refractivity contribution in [3.05, 3.63) is 58.9 Å². The number of rotatable bonds is 3. The normalized spacial score (nSPS) is 19.9. The third-order valence-electron chi connectivity index (χ3n) is 4.82. The van der Waals surface area contributed by atoms with Gasteiger partial charge in [0.15, 0.2) is 0 Å². The minimum absolute atomic E-state index is 0.0176. The second-order valence-electron chi connectivity index (χ2n) is 6.73. The molecule has 1 aliphatic heterocycles. The fourth-order valence-corrected chi connectivity index (χ4v) is 4.45. The standard InChI is InChI=1S/C19H21N5OS/c1-12-17(26-18(22-12)14-8-21-23(2)9-14)19(25)24-10-15(16(20)11-24)13-6-4-3-5-7-13/h3-9,15-16H,10-11,20H2,1-2H3/t15-,16+/m0/s1. The van der Waals surface area contributed by atoms with Gasteiger partial charge in [0.2, 0.25) is 0 Å². The average Bonchev–Trinajstić information content (AvgIpc) is 3.33. The van der Waals surface area contributed by atoms with Crippen LogP contribution in [0.25, 0.3) is 10.6 Å². The first-order valence-electron chi connectivity index (χ1n) is 8.59. The maximum Gasteiger partial charge on any atom is 0.265 e. The SMILES string of the molecule is Cc1nc(-c2cnn(C)c2)sc1C(=O)N1C[C@@H](N)[C@H](c2ccccc2)C1. The Morgan fingerprint density at radius 3 is 2.73 bits per heavy atom. The molecule has 3 aromatic rings. The monoisotopic (exact) mass is 367 g/mol. The molecule has 2 atom stereocenters. The van der Waals surface area contributed by atoms with Crippen molar-refractivity contribution < 1.29 is 4.79 Å². The second-order valence-corrected chi connectivity index (χ2v) is 7.73. The maximum absolute atomic E-state index is 13.1. The van der Waals surface area contributed by atoms with Gasteiger partial charge in [-0.05, 0) is 12.5 Å². The first kappa shape index (κ1) is 16.9. The van der Waals surface area contributed by atoms with Gasteiger partial charge in [-0.15, -0.1) is 11.3 Å². The molecule has 1 fully saturated rings. The van der Waals surface area contributed by atoms with Gasteiger partial charge in [0.25, 0.3) is 5.91 Å². The Hall–Kier alpha value is -2.51. The molecule has 26 heavy (non-hydrogen) atoms. The van der Waals surface area contributed by atoms with E-state index in [1.165, 1.54) is 16.9 Å². The highest BCUT2D eigenvalue weighted by molar-refractivity contribution is 7.17. The molecule has 6 nitrogen and oxygen atoms in total. The third kappa shape index (κ3) is 3.04. The van der Waals surface area contributed by atoms with E-state index in [0.29, 0.717) is 18.0 Å². The van der Waals surface area contributed by atoms with Crippen molar-refractivity contribution in [1.29, 1.82) is 0 Å². The lowest BCUT2D eigenvalue weighted by molar-refractivity contribution is 0.0793. The number of hydrogen-bond acceptors (Lipinski definition) is 5. The fourth-order valence-electron chi connectivity index (χ4n) is 3.44. The number of carbonyl (C=O) groups is 1. The number of aryl methyl sites for hydroxylation is 2. The number of hydrogen-bond donors (Lipinski definition) is 1. The number of thiazole rings is 1. The minimum Gasteiger partial charge on any atom is -0.336 e. The molecule has 1 aliphatic rings. The van der Waals surface area contributed by atoms with E-state index in [2.05, 4.69) is 22.2 Å².